The Bertz CT molecular complexity index is 236. The lowest BCUT2D eigenvalue weighted by atomic mass is 10.4. The van der Waals surface area contributed by atoms with Gasteiger partial charge in [-0.1, -0.05) is 13.8 Å². The second kappa shape index (κ2) is 7.77. The lowest BCUT2D eigenvalue weighted by Gasteiger charge is -2.07. The molecule has 0 fully saturated rings. The van der Waals surface area contributed by atoms with E-state index < -0.39 is 0 Å². The van der Waals surface area contributed by atoms with Crippen molar-refractivity contribution in [3.8, 4) is 0 Å². The minimum Gasteiger partial charge on any atom is -0.333 e. The number of aryl methyl sites for hydroxylation is 1. The van der Waals surface area contributed by atoms with Crippen LogP contribution in [-0.2, 0) is 13.1 Å². The molecule has 0 bridgehead atoms. The average molecular weight is 227 g/mol. The highest BCUT2D eigenvalue weighted by Gasteiger charge is 2.00. The van der Waals surface area contributed by atoms with Crippen molar-refractivity contribution in [2.24, 2.45) is 0 Å². The number of thioether (sulfide) groups is 1. The molecule has 0 atom stereocenters. The fourth-order valence-corrected chi connectivity index (χ4v) is 2.01. The summed E-state index contributed by atoms with van der Waals surface area (Å²) in [5.41, 5.74) is 0. The first-order chi connectivity index (χ1) is 7.38. The third-order valence-corrected chi connectivity index (χ3v) is 3.07. The average Bonchev–Trinajstić information content (AvgIpc) is 2.67. The van der Waals surface area contributed by atoms with E-state index in [1.165, 1.54) is 17.9 Å². The lowest BCUT2D eigenvalue weighted by Crippen LogP contribution is -2.18. The fourth-order valence-electron chi connectivity index (χ4n) is 1.40. The Morgan fingerprint density at radius 2 is 2.33 bits per heavy atom. The normalized spacial score (nSPS) is 10.8. The Hall–Kier alpha value is -0.480. The highest BCUT2D eigenvalue weighted by atomic mass is 32.2. The van der Waals surface area contributed by atoms with Gasteiger partial charge in [0, 0.05) is 24.7 Å². The number of nitrogens with one attached hydrogen (secondary N) is 1. The summed E-state index contributed by atoms with van der Waals surface area (Å²) < 4.78 is 2.24. The van der Waals surface area contributed by atoms with Crippen LogP contribution >= 0.6 is 11.8 Å². The number of rotatable bonds is 8. The Morgan fingerprint density at radius 3 is 3.07 bits per heavy atom. The zero-order valence-electron chi connectivity index (χ0n) is 9.70. The van der Waals surface area contributed by atoms with Crippen LogP contribution in [0.15, 0.2) is 12.4 Å². The molecule has 0 saturated heterocycles. The van der Waals surface area contributed by atoms with Crippen LogP contribution in [0.5, 0.6) is 0 Å². The molecule has 1 heterocycles. The summed E-state index contributed by atoms with van der Waals surface area (Å²) in [5.74, 6) is 3.52. The van der Waals surface area contributed by atoms with Crippen molar-refractivity contribution in [2.75, 3.05) is 18.1 Å². The van der Waals surface area contributed by atoms with Crippen LogP contribution in [0.25, 0.3) is 0 Å². The number of imidazole rings is 1. The van der Waals surface area contributed by atoms with Crippen LogP contribution in [0.1, 0.15) is 26.1 Å². The molecule has 1 aromatic rings. The third-order valence-electron chi connectivity index (χ3n) is 2.19. The van der Waals surface area contributed by atoms with Crippen LogP contribution in [0.3, 0.4) is 0 Å². The predicted octanol–water partition coefficient (Wildman–Crippen LogP) is 2.14. The molecule has 0 saturated carbocycles. The van der Waals surface area contributed by atoms with Gasteiger partial charge in [-0.25, -0.2) is 4.98 Å². The van der Waals surface area contributed by atoms with E-state index in [1.54, 1.807) is 0 Å². The zero-order valence-corrected chi connectivity index (χ0v) is 10.5. The third kappa shape index (κ3) is 4.71. The van der Waals surface area contributed by atoms with Gasteiger partial charge in [0.1, 0.15) is 5.82 Å². The Labute approximate surface area is 96.7 Å². The summed E-state index contributed by atoms with van der Waals surface area (Å²) in [6.45, 7) is 7.40. The first-order valence-corrected chi connectivity index (χ1v) is 6.82. The Morgan fingerprint density at radius 1 is 1.47 bits per heavy atom. The maximum Gasteiger partial charge on any atom is 0.122 e. The van der Waals surface area contributed by atoms with Gasteiger partial charge in [-0.15, -0.1) is 0 Å². The summed E-state index contributed by atoms with van der Waals surface area (Å²) in [6.07, 6.45) is 5.13. The monoisotopic (exact) mass is 227 g/mol. The standard InChI is InChI=1S/C11H21N3S/c1-3-5-12-10-11-13-6-7-14(11)8-9-15-4-2/h6-7,12H,3-5,8-10H2,1-2H3. The molecule has 0 amide bonds. The van der Waals surface area contributed by atoms with Crippen LogP contribution in [-0.4, -0.2) is 27.6 Å². The lowest BCUT2D eigenvalue weighted by molar-refractivity contribution is 0.610. The molecule has 1 N–H and O–H groups in total. The van der Waals surface area contributed by atoms with Crippen LogP contribution < -0.4 is 5.32 Å². The highest BCUT2D eigenvalue weighted by Crippen LogP contribution is 2.03. The van der Waals surface area contributed by atoms with Crippen LogP contribution in [0.4, 0.5) is 0 Å². The van der Waals surface area contributed by atoms with E-state index in [9.17, 15) is 0 Å². The van der Waals surface area contributed by atoms with E-state index in [4.69, 9.17) is 0 Å². The minimum absolute atomic E-state index is 0.887. The number of aromatic nitrogens is 2. The molecular formula is C11H21N3S. The molecule has 1 rings (SSSR count). The zero-order chi connectivity index (χ0) is 10.9. The van der Waals surface area contributed by atoms with Gasteiger partial charge in [-0.3, -0.25) is 0 Å². The van der Waals surface area contributed by atoms with Crippen molar-refractivity contribution in [1.82, 2.24) is 14.9 Å². The quantitative estimate of drug-likeness (QED) is 0.690. The predicted molar refractivity (Wildman–Crippen MR) is 67.2 cm³/mol. The van der Waals surface area contributed by atoms with Gasteiger partial charge in [0.2, 0.25) is 0 Å². The Kier molecular flexibility index (Phi) is 6.52. The van der Waals surface area contributed by atoms with Crippen molar-refractivity contribution >= 4 is 11.8 Å². The van der Waals surface area contributed by atoms with Gasteiger partial charge in [0.25, 0.3) is 0 Å². The molecule has 1 aromatic heterocycles. The second-order valence-corrected chi connectivity index (χ2v) is 4.80. The van der Waals surface area contributed by atoms with Gasteiger partial charge in [0.15, 0.2) is 0 Å². The number of hydrogen-bond donors (Lipinski definition) is 1. The van der Waals surface area contributed by atoms with E-state index >= 15 is 0 Å². The molecule has 86 valence electrons. The largest absolute Gasteiger partial charge is 0.333 e. The first kappa shape index (κ1) is 12.6. The second-order valence-electron chi connectivity index (χ2n) is 3.41. The molecule has 0 radical (unpaired) electrons. The smallest absolute Gasteiger partial charge is 0.122 e. The molecule has 4 heteroatoms. The molecule has 3 nitrogen and oxygen atoms in total. The number of nitrogens with zero attached hydrogens (tertiary/aromatic N) is 2. The maximum atomic E-state index is 4.36. The van der Waals surface area contributed by atoms with E-state index in [0.717, 1.165) is 25.5 Å². The number of hydrogen-bond acceptors (Lipinski definition) is 3. The topological polar surface area (TPSA) is 29.9 Å². The van der Waals surface area contributed by atoms with Crippen molar-refractivity contribution in [3.05, 3.63) is 18.2 Å². The summed E-state index contributed by atoms with van der Waals surface area (Å²) >= 11 is 1.97. The molecule has 0 aromatic carbocycles. The molecule has 0 aliphatic rings. The molecule has 0 aliphatic carbocycles. The van der Waals surface area contributed by atoms with Gasteiger partial charge < -0.3 is 9.88 Å². The van der Waals surface area contributed by atoms with Crippen LogP contribution in [0.2, 0.25) is 0 Å². The first-order valence-electron chi connectivity index (χ1n) is 5.67. The van der Waals surface area contributed by atoms with Crippen LogP contribution in [0, 0.1) is 0 Å². The Balaban J connectivity index is 2.32. The van der Waals surface area contributed by atoms with Crippen molar-refractivity contribution in [2.45, 2.75) is 33.4 Å². The SMILES string of the molecule is CCCNCc1nccn1CCSCC. The van der Waals surface area contributed by atoms with Gasteiger partial charge in [-0.05, 0) is 18.7 Å². The van der Waals surface area contributed by atoms with Gasteiger partial charge >= 0.3 is 0 Å². The van der Waals surface area contributed by atoms with Crippen molar-refractivity contribution < 1.29 is 0 Å². The summed E-state index contributed by atoms with van der Waals surface area (Å²) in [5, 5.41) is 3.38. The van der Waals surface area contributed by atoms with Crippen molar-refractivity contribution in [1.29, 1.82) is 0 Å². The summed E-state index contributed by atoms with van der Waals surface area (Å²) in [6, 6.07) is 0. The van der Waals surface area contributed by atoms with E-state index in [1.807, 2.05) is 18.0 Å². The van der Waals surface area contributed by atoms with Gasteiger partial charge in [-0.2, -0.15) is 11.8 Å². The summed E-state index contributed by atoms with van der Waals surface area (Å²) in [4.78, 5) is 4.36. The molecule has 15 heavy (non-hydrogen) atoms. The maximum absolute atomic E-state index is 4.36. The van der Waals surface area contributed by atoms with Crippen molar-refractivity contribution in [3.63, 3.8) is 0 Å². The molecule has 0 unspecified atom stereocenters. The minimum atomic E-state index is 0.887. The van der Waals surface area contributed by atoms with E-state index in [0.29, 0.717) is 0 Å². The molecule has 0 aliphatic heterocycles. The molecular weight excluding hydrogens is 206 g/mol. The van der Waals surface area contributed by atoms with E-state index in [-0.39, 0.29) is 0 Å². The van der Waals surface area contributed by atoms with Gasteiger partial charge in [0.05, 0.1) is 6.54 Å². The fraction of sp³-hybridized carbons (Fsp3) is 0.727. The van der Waals surface area contributed by atoms with E-state index in [2.05, 4.69) is 34.9 Å². The highest BCUT2D eigenvalue weighted by molar-refractivity contribution is 7.99. The summed E-state index contributed by atoms with van der Waals surface area (Å²) in [7, 11) is 0. The molecule has 0 spiro atoms.